The van der Waals surface area contributed by atoms with Crippen molar-refractivity contribution in [1.82, 2.24) is 14.5 Å². The van der Waals surface area contributed by atoms with Crippen molar-refractivity contribution in [1.29, 1.82) is 0 Å². The molecule has 0 radical (unpaired) electrons. The van der Waals surface area contributed by atoms with E-state index in [9.17, 15) is 8.42 Å². The minimum absolute atomic E-state index is 0.191. The Labute approximate surface area is 136 Å². The largest absolute Gasteiger partial charge is 0.374 e. The molecule has 0 atom stereocenters. The van der Waals surface area contributed by atoms with E-state index in [0.29, 0.717) is 5.82 Å². The minimum Gasteiger partial charge on any atom is -0.374 e. The van der Waals surface area contributed by atoms with Gasteiger partial charge in [0, 0.05) is 29.4 Å². The number of nitrogens with zero attached hydrogens (tertiary/aromatic N) is 3. The summed E-state index contributed by atoms with van der Waals surface area (Å²) in [7, 11) is -1.66. The van der Waals surface area contributed by atoms with Gasteiger partial charge in [0.2, 0.25) is 15.0 Å². The van der Waals surface area contributed by atoms with Crippen LogP contribution in [0.1, 0.15) is 0 Å². The van der Waals surface area contributed by atoms with Gasteiger partial charge >= 0.3 is 0 Å². The Balaban J connectivity index is 2.32. The summed E-state index contributed by atoms with van der Waals surface area (Å²) in [5.74, 6) is 1.30. The molecule has 2 heterocycles. The molecule has 0 bridgehead atoms. The molecule has 3 aromatic rings. The average Bonchev–Trinajstić information content (AvgIpc) is 2.84. The number of rotatable bonds is 3. The normalized spacial score (nSPS) is 11.8. The van der Waals surface area contributed by atoms with E-state index >= 15 is 0 Å². The van der Waals surface area contributed by atoms with Crippen molar-refractivity contribution in [2.24, 2.45) is 0 Å². The first-order chi connectivity index (χ1) is 10.4. The fourth-order valence-corrected chi connectivity index (χ4v) is 3.10. The summed E-state index contributed by atoms with van der Waals surface area (Å²) in [6, 6.07) is 9.54. The summed E-state index contributed by atoms with van der Waals surface area (Å²) in [5.41, 5.74) is 0.914. The smallest absolute Gasteiger partial charge is 0.248 e. The number of hydrogen-bond donors (Lipinski definition) is 1. The Hall–Kier alpha value is -1.93. The van der Waals surface area contributed by atoms with E-state index < -0.39 is 9.84 Å². The monoisotopic (exact) mass is 380 g/mol. The van der Waals surface area contributed by atoms with Crippen LogP contribution in [-0.2, 0) is 9.84 Å². The van der Waals surface area contributed by atoms with Gasteiger partial charge in [0.25, 0.3) is 0 Å². The van der Waals surface area contributed by atoms with Crippen LogP contribution >= 0.6 is 15.9 Å². The molecule has 0 saturated carbocycles. The second-order valence-corrected chi connectivity index (χ2v) is 7.61. The van der Waals surface area contributed by atoms with Gasteiger partial charge in [-0.1, -0.05) is 22.0 Å². The first-order valence-corrected chi connectivity index (χ1v) is 9.11. The maximum Gasteiger partial charge on any atom is 0.248 e. The Morgan fingerprint density at radius 2 is 2.00 bits per heavy atom. The molecule has 3 rings (SSSR count). The highest BCUT2D eigenvalue weighted by Gasteiger charge is 2.15. The number of fused-ring (bicyclic) bond motifs is 1. The Bertz CT molecular complexity index is 966. The molecular weight excluding hydrogens is 368 g/mol. The van der Waals surface area contributed by atoms with Crippen molar-refractivity contribution >= 4 is 42.5 Å². The lowest BCUT2D eigenvalue weighted by Crippen LogP contribution is -2.08. The minimum atomic E-state index is -3.46. The van der Waals surface area contributed by atoms with E-state index in [1.165, 1.54) is 6.20 Å². The number of aromatic nitrogens is 3. The highest BCUT2D eigenvalue weighted by molar-refractivity contribution is 9.10. The van der Waals surface area contributed by atoms with Crippen LogP contribution in [0.3, 0.4) is 0 Å². The fraction of sp³-hybridized carbons (Fsp3) is 0.143. The van der Waals surface area contributed by atoms with Gasteiger partial charge in [-0.3, -0.25) is 4.57 Å². The van der Waals surface area contributed by atoms with Crippen molar-refractivity contribution in [3.05, 3.63) is 41.0 Å². The molecule has 8 heteroatoms. The molecule has 6 nitrogen and oxygen atoms in total. The van der Waals surface area contributed by atoms with Crippen LogP contribution in [0.4, 0.5) is 5.82 Å². The molecule has 1 aromatic carbocycles. The number of halogens is 1. The molecule has 0 spiro atoms. The van der Waals surface area contributed by atoms with E-state index in [4.69, 9.17) is 0 Å². The van der Waals surface area contributed by atoms with Gasteiger partial charge in [0.15, 0.2) is 0 Å². The molecule has 0 fully saturated rings. The Kier molecular flexibility index (Phi) is 3.65. The third-order valence-electron chi connectivity index (χ3n) is 3.20. The van der Waals surface area contributed by atoms with E-state index in [-0.39, 0.29) is 5.16 Å². The van der Waals surface area contributed by atoms with E-state index in [1.807, 2.05) is 28.8 Å². The molecule has 0 aliphatic carbocycles. The SMILES string of the molecule is CNc1cc2ccc(Br)cc2n1-c1ccnc(S(C)(=O)=O)n1. The van der Waals surface area contributed by atoms with Crippen LogP contribution in [0.5, 0.6) is 0 Å². The van der Waals surface area contributed by atoms with Crippen LogP contribution in [0.25, 0.3) is 16.7 Å². The summed E-state index contributed by atoms with van der Waals surface area (Å²) in [6.07, 6.45) is 2.54. The fourth-order valence-electron chi connectivity index (χ4n) is 2.24. The van der Waals surface area contributed by atoms with Gasteiger partial charge < -0.3 is 5.32 Å². The number of benzene rings is 1. The zero-order chi connectivity index (χ0) is 15.9. The maximum absolute atomic E-state index is 11.7. The highest BCUT2D eigenvalue weighted by atomic mass is 79.9. The van der Waals surface area contributed by atoms with Gasteiger partial charge in [0.05, 0.1) is 5.52 Å². The van der Waals surface area contributed by atoms with Crippen molar-refractivity contribution in [2.45, 2.75) is 5.16 Å². The van der Waals surface area contributed by atoms with Crippen molar-refractivity contribution in [2.75, 3.05) is 18.6 Å². The summed E-state index contributed by atoms with van der Waals surface area (Å²) in [4.78, 5) is 8.02. The maximum atomic E-state index is 11.7. The zero-order valence-corrected chi connectivity index (χ0v) is 14.3. The number of nitrogens with one attached hydrogen (secondary N) is 1. The summed E-state index contributed by atoms with van der Waals surface area (Å²) < 4.78 is 26.1. The number of hydrogen-bond acceptors (Lipinski definition) is 5. The van der Waals surface area contributed by atoms with Crippen LogP contribution in [0.2, 0.25) is 0 Å². The third-order valence-corrected chi connectivity index (χ3v) is 4.56. The van der Waals surface area contributed by atoms with E-state index in [0.717, 1.165) is 27.4 Å². The third kappa shape index (κ3) is 2.59. The van der Waals surface area contributed by atoms with E-state index in [1.54, 1.807) is 13.1 Å². The second-order valence-electron chi connectivity index (χ2n) is 4.79. The van der Waals surface area contributed by atoms with Gasteiger partial charge in [-0.2, -0.15) is 0 Å². The number of sulfone groups is 1. The second kappa shape index (κ2) is 5.36. The Morgan fingerprint density at radius 1 is 1.23 bits per heavy atom. The first-order valence-electron chi connectivity index (χ1n) is 6.42. The standard InChI is InChI=1S/C14H13BrN4O2S/c1-16-13-7-9-3-4-10(15)8-11(9)19(13)12-5-6-17-14(18-12)22(2,20)21/h3-8,16H,1-2H3. The van der Waals surface area contributed by atoms with Crippen LogP contribution in [0.15, 0.2) is 46.2 Å². The molecule has 22 heavy (non-hydrogen) atoms. The molecule has 114 valence electrons. The molecule has 0 aliphatic heterocycles. The Morgan fingerprint density at radius 3 is 2.68 bits per heavy atom. The van der Waals surface area contributed by atoms with Crippen LogP contribution in [0, 0.1) is 0 Å². The highest BCUT2D eigenvalue weighted by Crippen LogP contribution is 2.29. The molecule has 1 N–H and O–H groups in total. The lowest BCUT2D eigenvalue weighted by atomic mass is 10.2. The topological polar surface area (TPSA) is 76.9 Å². The van der Waals surface area contributed by atoms with Crippen molar-refractivity contribution in [3.8, 4) is 5.82 Å². The molecule has 0 amide bonds. The predicted octanol–water partition coefficient (Wildman–Crippen LogP) is 2.63. The van der Waals surface area contributed by atoms with Gasteiger partial charge in [0.1, 0.15) is 11.6 Å². The first kappa shape index (κ1) is 15.0. The average molecular weight is 381 g/mol. The molecule has 2 aromatic heterocycles. The van der Waals surface area contributed by atoms with Gasteiger partial charge in [-0.25, -0.2) is 18.4 Å². The summed E-state index contributed by atoms with van der Waals surface area (Å²) in [6.45, 7) is 0. The van der Waals surface area contributed by atoms with Crippen LogP contribution < -0.4 is 5.32 Å². The summed E-state index contributed by atoms with van der Waals surface area (Å²) in [5, 5.41) is 3.93. The summed E-state index contributed by atoms with van der Waals surface area (Å²) >= 11 is 3.45. The molecule has 0 unspecified atom stereocenters. The molecule has 0 saturated heterocycles. The lowest BCUT2D eigenvalue weighted by molar-refractivity contribution is 0.592. The van der Waals surface area contributed by atoms with Crippen LogP contribution in [-0.4, -0.2) is 36.3 Å². The number of anilines is 1. The van der Waals surface area contributed by atoms with Gasteiger partial charge in [-0.05, 0) is 24.3 Å². The lowest BCUT2D eigenvalue weighted by Gasteiger charge is -2.10. The van der Waals surface area contributed by atoms with Crippen molar-refractivity contribution in [3.63, 3.8) is 0 Å². The predicted molar refractivity (Wildman–Crippen MR) is 89.2 cm³/mol. The zero-order valence-electron chi connectivity index (χ0n) is 11.9. The molecule has 0 aliphatic rings. The molecular formula is C14H13BrN4O2S. The van der Waals surface area contributed by atoms with Gasteiger partial charge in [-0.15, -0.1) is 0 Å². The van der Waals surface area contributed by atoms with E-state index in [2.05, 4.69) is 31.2 Å². The quantitative estimate of drug-likeness (QED) is 0.706. The van der Waals surface area contributed by atoms with Crippen molar-refractivity contribution < 1.29 is 8.42 Å².